The van der Waals surface area contributed by atoms with Crippen LogP contribution in [0, 0.1) is 5.41 Å². The van der Waals surface area contributed by atoms with E-state index in [1.807, 2.05) is 18.2 Å². The molecule has 2 aromatic carbocycles. The SMILES string of the molecule is CC(CNC(=O)C1(Cc2nc3ccccc3s2)CCCC1)c1ccccc1. The lowest BCUT2D eigenvalue weighted by molar-refractivity contribution is -0.130. The summed E-state index contributed by atoms with van der Waals surface area (Å²) in [7, 11) is 0. The van der Waals surface area contributed by atoms with Crippen LogP contribution in [-0.4, -0.2) is 17.4 Å². The zero-order valence-electron chi connectivity index (χ0n) is 15.8. The van der Waals surface area contributed by atoms with E-state index in [-0.39, 0.29) is 11.3 Å². The zero-order chi connectivity index (χ0) is 18.7. The number of carbonyl (C=O) groups is 1. The molecule has 1 heterocycles. The fraction of sp³-hybridized carbons (Fsp3) is 0.391. The van der Waals surface area contributed by atoms with Crippen LogP contribution in [0.15, 0.2) is 54.6 Å². The van der Waals surface area contributed by atoms with Crippen molar-refractivity contribution in [2.24, 2.45) is 5.41 Å². The minimum atomic E-state index is -0.287. The number of nitrogens with zero attached hydrogens (tertiary/aromatic N) is 1. The van der Waals surface area contributed by atoms with Crippen LogP contribution in [0.4, 0.5) is 0 Å². The Hall–Kier alpha value is -2.20. The van der Waals surface area contributed by atoms with E-state index in [1.54, 1.807) is 11.3 Å². The number of nitrogens with one attached hydrogen (secondary N) is 1. The van der Waals surface area contributed by atoms with E-state index in [0.29, 0.717) is 12.5 Å². The van der Waals surface area contributed by atoms with Crippen molar-refractivity contribution >= 4 is 27.5 Å². The molecule has 0 spiro atoms. The molecule has 1 aliphatic carbocycles. The molecule has 1 saturated carbocycles. The van der Waals surface area contributed by atoms with Gasteiger partial charge in [-0.15, -0.1) is 11.3 Å². The second-order valence-corrected chi connectivity index (χ2v) is 8.88. The molecule has 0 saturated heterocycles. The Kier molecular flexibility index (Phi) is 5.26. The van der Waals surface area contributed by atoms with Crippen molar-refractivity contribution in [3.63, 3.8) is 0 Å². The molecular formula is C23H26N2OS. The molecule has 3 aromatic rings. The summed E-state index contributed by atoms with van der Waals surface area (Å²) in [6.45, 7) is 2.86. The number of thiazole rings is 1. The third-order valence-corrected chi connectivity index (χ3v) is 6.84. The fourth-order valence-electron chi connectivity index (χ4n) is 4.15. The van der Waals surface area contributed by atoms with Crippen LogP contribution in [0.5, 0.6) is 0 Å². The lowest BCUT2D eigenvalue weighted by Gasteiger charge is -2.27. The quantitative estimate of drug-likeness (QED) is 0.631. The average Bonchev–Trinajstić information content (AvgIpc) is 3.33. The van der Waals surface area contributed by atoms with Crippen LogP contribution in [0.3, 0.4) is 0 Å². The van der Waals surface area contributed by atoms with Crippen LogP contribution in [0.2, 0.25) is 0 Å². The van der Waals surface area contributed by atoms with Gasteiger partial charge >= 0.3 is 0 Å². The molecule has 1 fully saturated rings. The largest absolute Gasteiger partial charge is 0.355 e. The highest BCUT2D eigenvalue weighted by atomic mass is 32.1. The van der Waals surface area contributed by atoms with Crippen molar-refractivity contribution in [3.05, 3.63) is 65.2 Å². The van der Waals surface area contributed by atoms with Gasteiger partial charge in [-0.1, -0.05) is 62.2 Å². The van der Waals surface area contributed by atoms with Crippen molar-refractivity contribution in [3.8, 4) is 0 Å². The summed E-state index contributed by atoms with van der Waals surface area (Å²) in [5, 5.41) is 4.34. The number of rotatable bonds is 6. The highest BCUT2D eigenvalue weighted by Gasteiger charge is 2.41. The van der Waals surface area contributed by atoms with E-state index in [2.05, 4.69) is 48.6 Å². The number of hydrogen-bond acceptors (Lipinski definition) is 3. The van der Waals surface area contributed by atoms with Gasteiger partial charge in [0.15, 0.2) is 0 Å². The molecule has 1 N–H and O–H groups in total. The molecule has 1 aromatic heterocycles. The maximum Gasteiger partial charge on any atom is 0.226 e. The van der Waals surface area contributed by atoms with E-state index >= 15 is 0 Å². The molecule has 1 atom stereocenters. The number of benzene rings is 2. The number of fused-ring (bicyclic) bond motifs is 1. The maximum atomic E-state index is 13.2. The molecule has 0 bridgehead atoms. The van der Waals surface area contributed by atoms with E-state index in [1.165, 1.54) is 10.3 Å². The fourth-order valence-corrected chi connectivity index (χ4v) is 5.26. The minimum Gasteiger partial charge on any atom is -0.355 e. The lowest BCUT2D eigenvalue weighted by atomic mass is 9.81. The monoisotopic (exact) mass is 378 g/mol. The van der Waals surface area contributed by atoms with Gasteiger partial charge in [-0.25, -0.2) is 4.98 Å². The van der Waals surface area contributed by atoms with E-state index in [9.17, 15) is 4.79 Å². The molecule has 1 amide bonds. The topological polar surface area (TPSA) is 42.0 Å². The van der Waals surface area contributed by atoms with E-state index in [0.717, 1.165) is 42.6 Å². The molecule has 1 unspecified atom stereocenters. The standard InChI is InChI=1S/C23H26N2OS/c1-17(18-9-3-2-4-10-18)16-24-22(26)23(13-7-8-14-23)15-21-25-19-11-5-6-12-20(19)27-21/h2-6,9-12,17H,7-8,13-16H2,1H3,(H,24,26). The average molecular weight is 379 g/mol. The van der Waals surface area contributed by atoms with Crippen molar-refractivity contribution < 1.29 is 4.79 Å². The van der Waals surface area contributed by atoms with Gasteiger partial charge in [-0.3, -0.25) is 4.79 Å². The third-order valence-electron chi connectivity index (χ3n) is 5.81. The molecule has 0 aliphatic heterocycles. The Balaban J connectivity index is 1.46. The van der Waals surface area contributed by atoms with Crippen LogP contribution in [0.25, 0.3) is 10.2 Å². The number of aromatic nitrogens is 1. The van der Waals surface area contributed by atoms with Crippen molar-refractivity contribution in [1.82, 2.24) is 10.3 Å². The molecule has 1 aliphatic rings. The number of amides is 1. The van der Waals surface area contributed by atoms with Gasteiger partial charge < -0.3 is 5.32 Å². The minimum absolute atomic E-state index is 0.210. The molecule has 4 heteroatoms. The Morgan fingerprint density at radius 3 is 2.56 bits per heavy atom. The third kappa shape index (κ3) is 3.91. The Bertz CT molecular complexity index is 879. The van der Waals surface area contributed by atoms with E-state index < -0.39 is 0 Å². The summed E-state index contributed by atoms with van der Waals surface area (Å²) < 4.78 is 1.21. The van der Waals surface area contributed by atoms with Crippen LogP contribution >= 0.6 is 11.3 Å². The van der Waals surface area contributed by atoms with Crippen LogP contribution < -0.4 is 5.32 Å². The van der Waals surface area contributed by atoms with Gasteiger partial charge in [-0.05, 0) is 36.5 Å². The van der Waals surface area contributed by atoms with E-state index in [4.69, 9.17) is 4.98 Å². The van der Waals surface area contributed by atoms with Crippen molar-refractivity contribution in [2.75, 3.05) is 6.54 Å². The van der Waals surface area contributed by atoms with Crippen molar-refractivity contribution in [1.29, 1.82) is 0 Å². The van der Waals surface area contributed by atoms with Crippen LogP contribution in [0.1, 0.15) is 49.1 Å². The molecule has 3 nitrogen and oxygen atoms in total. The summed E-state index contributed by atoms with van der Waals surface area (Å²) >= 11 is 1.73. The first-order chi connectivity index (χ1) is 13.2. The Morgan fingerprint density at radius 1 is 1.11 bits per heavy atom. The first kappa shape index (κ1) is 18.2. The molecular weight excluding hydrogens is 352 g/mol. The summed E-state index contributed by atoms with van der Waals surface area (Å²) in [6.07, 6.45) is 4.96. The summed E-state index contributed by atoms with van der Waals surface area (Å²) in [5.74, 6) is 0.526. The second-order valence-electron chi connectivity index (χ2n) is 7.76. The van der Waals surface area contributed by atoms with Gasteiger partial charge in [0, 0.05) is 13.0 Å². The van der Waals surface area contributed by atoms with Gasteiger partial charge in [-0.2, -0.15) is 0 Å². The molecule has 27 heavy (non-hydrogen) atoms. The predicted molar refractivity (Wildman–Crippen MR) is 112 cm³/mol. The number of para-hydroxylation sites is 1. The molecule has 4 rings (SSSR count). The maximum absolute atomic E-state index is 13.2. The van der Waals surface area contributed by atoms with Gasteiger partial charge in [0.2, 0.25) is 5.91 Å². The summed E-state index contributed by atoms with van der Waals surface area (Å²) in [6, 6.07) is 18.6. The molecule has 140 valence electrons. The Morgan fingerprint density at radius 2 is 1.81 bits per heavy atom. The van der Waals surface area contributed by atoms with Crippen LogP contribution in [-0.2, 0) is 11.2 Å². The smallest absolute Gasteiger partial charge is 0.226 e. The first-order valence-corrected chi connectivity index (χ1v) is 10.7. The highest BCUT2D eigenvalue weighted by molar-refractivity contribution is 7.18. The van der Waals surface area contributed by atoms with Gasteiger partial charge in [0.05, 0.1) is 20.6 Å². The molecule has 0 radical (unpaired) electrons. The normalized spacial score (nSPS) is 17.1. The zero-order valence-corrected chi connectivity index (χ0v) is 16.6. The number of carbonyl (C=O) groups excluding carboxylic acids is 1. The summed E-state index contributed by atoms with van der Waals surface area (Å²) in [5.41, 5.74) is 2.03. The Labute approximate surface area is 164 Å². The lowest BCUT2D eigenvalue weighted by Crippen LogP contribution is -2.42. The highest BCUT2D eigenvalue weighted by Crippen LogP contribution is 2.42. The van der Waals surface area contributed by atoms with Gasteiger partial charge in [0.25, 0.3) is 0 Å². The predicted octanol–water partition coefficient (Wildman–Crippen LogP) is 5.32. The number of hydrogen-bond donors (Lipinski definition) is 1. The van der Waals surface area contributed by atoms with Crippen molar-refractivity contribution in [2.45, 2.75) is 44.9 Å². The first-order valence-electron chi connectivity index (χ1n) is 9.84. The summed E-state index contributed by atoms with van der Waals surface area (Å²) in [4.78, 5) is 18.0. The van der Waals surface area contributed by atoms with Gasteiger partial charge in [0.1, 0.15) is 0 Å². The second kappa shape index (κ2) is 7.81.